The van der Waals surface area contributed by atoms with Crippen molar-refractivity contribution in [2.45, 2.75) is 123 Å². The number of hydrogen-bond donors (Lipinski definition) is 0. The fourth-order valence-electron chi connectivity index (χ4n) is 7.54. The predicted octanol–water partition coefficient (Wildman–Crippen LogP) is 12.0. The van der Waals surface area contributed by atoms with Gasteiger partial charge in [-0.2, -0.15) is 0 Å². The van der Waals surface area contributed by atoms with E-state index in [0.29, 0.717) is 39.1 Å². The number of Topliss-reactive ketones (excluding diaryl/α,β-unsaturated/α-hetero) is 14. The number of carbonyl (C=O) groups excluding carboxylic acids is 14. The minimum atomic E-state index is -0.204. The van der Waals surface area contributed by atoms with Crippen LogP contribution in [-0.2, 0) is 9.59 Å². The first-order valence-corrected chi connectivity index (χ1v) is 28.1. The van der Waals surface area contributed by atoms with Crippen LogP contribution in [0.2, 0.25) is 0 Å². The van der Waals surface area contributed by atoms with Gasteiger partial charge in [-0.1, -0.05) is 72.8 Å². The summed E-state index contributed by atoms with van der Waals surface area (Å²) in [5.41, 5.74) is 7.21. The van der Waals surface area contributed by atoms with Crippen molar-refractivity contribution in [1.82, 2.24) is 35.1 Å². The van der Waals surface area contributed by atoms with Crippen LogP contribution in [0.4, 0.5) is 0 Å². The molecule has 0 aliphatic heterocycles. The second-order valence-electron chi connectivity index (χ2n) is 20.5. The van der Waals surface area contributed by atoms with Crippen molar-refractivity contribution in [3.05, 3.63) is 196 Å². The molecule has 0 radical (unpaired) electrons. The Balaban J connectivity index is 0.000000360. The Morgan fingerprint density at radius 2 is 0.489 bits per heavy atom. The lowest BCUT2D eigenvalue weighted by atomic mass is 9.79. The van der Waals surface area contributed by atoms with Crippen molar-refractivity contribution >= 4 is 81.0 Å². The molecule has 1 fully saturated rings. The zero-order chi connectivity index (χ0) is 67.9. The van der Waals surface area contributed by atoms with Crippen LogP contribution in [0.5, 0.6) is 0 Å². The zero-order valence-corrected chi connectivity index (χ0v) is 53.0. The molecule has 0 bridgehead atoms. The standard InChI is InChI=1S/C16H14O2.C10H16O2.C10H10O2.C9H9NO2.3C8H8N2O2/c1-11(17)13-3-7-15(8-4-13)16-9-5-14(6-10-16)12(2)18;2*1-7(11)9-3-5-10(6-4-9)8(2)12;1-6(11)8-3-4-9(7(2)12)10-5-8;1-5(11)7-3-10-8(4-9-7)6(2)12;1-5(11)7-3-9-8(6(2)12)10-4-7;1-5(11)7-3-4-8(6(2)12)10-9-7/h3-10H,1-2H3;9-10H,3-6H2,1-2H3;3-6H,1-2H3;3-5H,1-2H3;3*3-4H,1-2H3. The van der Waals surface area contributed by atoms with Gasteiger partial charge < -0.3 is 0 Å². The fourth-order valence-corrected chi connectivity index (χ4v) is 7.54. The van der Waals surface area contributed by atoms with Crippen LogP contribution in [0.15, 0.2) is 128 Å². The Morgan fingerprint density at radius 3 is 0.700 bits per heavy atom. The van der Waals surface area contributed by atoms with Crippen LogP contribution in [0.1, 0.15) is 248 Å². The lowest BCUT2D eigenvalue weighted by Crippen LogP contribution is -2.23. The van der Waals surface area contributed by atoms with Gasteiger partial charge in [0.25, 0.3) is 0 Å². The number of rotatable bonds is 15. The molecule has 90 heavy (non-hydrogen) atoms. The van der Waals surface area contributed by atoms with Crippen molar-refractivity contribution < 1.29 is 67.1 Å². The van der Waals surface area contributed by atoms with Crippen LogP contribution < -0.4 is 0 Å². The molecule has 21 heteroatoms. The molecule has 1 aliphatic carbocycles. The molecule has 7 aromatic rings. The Labute approximate surface area is 522 Å². The summed E-state index contributed by atoms with van der Waals surface area (Å²) in [6, 6.07) is 27.7. The van der Waals surface area contributed by atoms with Crippen molar-refractivity contribution in [1.29, 1.82) is 0 Å². The van der Waals surface area contributed by atoms with Crippen LogP contribution >= 0.6 is 0 Å². The summed E-state index contributed by atoms with van der Waals surface area (Å²) in [4.78, 5) is 171. The highest BCUT2D eigenvalue weighted by Gasteiger charge is 2.26. The molecule has 0 N–H and O–H groups in total. The summed E-state index contributed by atoms with van der Waals surface area (Å²) >= 11 is 0. The molecule has 0 amide bonds. The summed E-state index contributed by atoms with van der Waals surface area (Å²) in [7, 11) is 0. The van der Waals surface area contributed by atoms with Gasteiger partial charge in [0.15, 0.2) is 75.2 Å². The van der Waals surface area contributed by atoms with Crippen LogP contribution in [0.3, 0.4) is 0 Å². The first-order chi connectivity index (χ1) is 42.2. The van der Waals surface area contributed by atoms with Crippen molar-refractivity contribution in [3.8, 4) is 11.1 Å². The van der Waals surface area contributed by atoms with Crippen molar-refractivity contribution in [2.75, 3.05) is 0 Å². The number of benzene rings is 3. The summed E-state index contributed by atoms with van der Waals surface area (Å²) < 4.78 is 0. The predicted molar refractivity (Wildman–Crippen MR) is 336 cm³/mol. The average Bonchev–Trinajstić information content (AvgIpc) is 3.18. The largest absolute Gasteiger partial charge is 0.300 e. The molecule has 468 valence electrons. The molecule has 4 heterocycles. The van der Waals surface area contributed by atoms with E-state index in [9.17, 15) is 67.1 Å². The summed E-state index contributed by atoms with van der Waals surface area (Å²) in [6.07, 6.45) is 10.4. The third-order valence-corrected chi connectivity index (χ3v) is 13.2. The van der Waals surface area contributed by atoms with Gasteiger partial charge in [0.05, 0.1) is 18.0 Å². The van der Waals surface area contributed by atoms with E-state index < -0.39 is 0 Å². The van der Waals surface area contributed by atoms with E-state index in [1.54, 1.807) is 64.1 Å². The fraction of sp³-hybridized carbons (Fsp3) is 0.290. The first-order valence-electron chi connectivity index (χ1n) is 28.1. The van der Waals surface area contributed by atoms with E-state index in [1.165, 1.54) is 112 Å². The highest BCUT2D eigenvalue weighted by atomic mass is 16.2. The number of nitrogens with zero attached hydrogens (tertiary/aromatic N) is 7. The Hall–Kier alpha value is -10.6. The number of ketones is 14. The normalized spacial score (nSPS) is 12.3. The van der Waals surface area contributed by atoms with Gasteiger partial charge in [0.2, 0.25) is 0 Å². The molecule has 0 spiro atoms. The van der Waals surface area contributed by atoms with Gasteiger partial charge in [-0.3, -0.25) is 72.1 Å². The average molecular weight is 1220 g/mol. The van der Waals surface area contributed by atoms with Crippen molar-refractivity contribution in [3.63, 3.8) is 0 Å². The van der Waals surface area contributed by atoms with Gasteiger partial charge in [-0.05, 0) is 116 Å². The van der Waals surface area contributed by atoms with Gasteiger partial charge in [-0.25, -0.2) is 19.9 Å². The molecule has 0 saturated heterocycles. The highest BCUT2D eigenvalue weighted by Crippen LogP contribution is 2.29. The second-order valence-corrected chi connectivity index (χ2v) is 20.5. The molecule has 4 aromatic heterocycles. The Morgan fingerprint density at radius 1 is 0.244 bits per heavy atom. The third-order valence-electron chi connectivity index (χ3n) is 13.2. The molecule has 21 nitrogen and oxygen atoms in total. The van der Waals surface area contributed by atoms with Gasteiger partial charge in [0, 0.05) is 99.8 Å². The minimum absolute atomic E-state index is 0.0186. The SMILES string of the molecule is CC(=O)C1CCC(C(C)=O)CC1.CC(=O)c1ccc(-c2ccc(C(C)=O)cc2)cc1.CC(=O)c1ccc(C(C)=O)cc1.CC(=O)c1ccc(C(C)=O)nc1.CC(=O)c1ccc(C(C)=O)nn1.CC(=O)c1cnc(C(C)=O)cn1.CC(=O)c1cnc(C(C)=O)nc1. The van der Waals surface area contributed by atoms with E-state index in [1.807, 2.05) is 48.5 Å². The lowest BCUT2D eigenvalue weighted by Gasteiger charge is -2.24. The Bertz CT molecular complexity index is 3070. The van der Waals surface area contributed by atoms with Crippen molar-refractivity contribution in [2.24, 2.45) is 11.8 Å². The monoisotopic (exact) mass is 1220 g/mol. The van der Waals surface area contributed by atoms with Crippen LogP contribution in [-0.4, -0.2) is 116 Å². The molecule has 0 atom stereocenters. The van der Waals surface area contributed by atoms with Gasteiger partial charge in [0.1, 0.15) is 40.0 Å². The molecule has 1 aliphatic rings. The van der Waals surface area contributed by atoms with E-state index >= 15 is 0 Å². The molecule has 1 saturated carbocycles. The summed E-state index contributed by atoms with van der Waals surface area (Å²) in [5, 5.41) is 7.16. The van der Waals surface area contributed by atoms with E-state index in [4.69, 9.17) is 0 Å². The maximum Gasteiger partial charge on any atom is 0.196 e. The zero-order valence-electron chi connectivity index (χ0n) is 53.0. The minimum Gasteiger partial charge on any atom is -0.300 e. The quantitative estimate of drug-likeness (QED) is 0.0861. The lowest BCUT2D eigenvalue weighted by molar-refractivity contribution is -0.126. The smallest absolute Gasteiger partial charge is 0.196 e. The second kappa shape index (κ2) is 37.9. The molecular weight excluding hydrogens is 1150 g/mol. The van der Waals surface area contributed by atoms with Gasteiger partial charge >= 0.3 is 0 Å². The number of hydrogen-bond acceptors (Lipinski definition) is 21. The molecule has 8 rings (SSSR count). The maximum absolute atomic E-state index is 11.2. The first kappa shape index (κ1) is 75.5. The number of pyridine rings is 1. The van der Waals surface area contributed by atoms with Gasteiger partial charge in [-0.15, -0.1) is 10.2 Å². The van der Waals surface area contributed by atoms with Crippen LogP contribution in [0.25, 0.3) is 11.1 Å². The van der Waals surface area contributed by atoms with E-state index in [2.05, 4.69) is 35.1 Å². The maximum atomic E-state index is 11.2. The molecule has 0 unspecified atom stereocenters. The van der Waals surface area contributed by atoms with E-state index in [0.717, 1.165) is 36.8 Å². The molecular formula is C69H73N7O14. The van der Waals surface area contributed by atoms with E-state index in [-0.39, 0.29) is 121 Å². The summed E-state index contributed by atoms with van der Waals surface area (Å²) in [5.74, 6) is 0.288. The molecule has 3 aromatic carbocycles. The number of aromatic nitrogens is 7. The topological polar surface area (TPSA) is 329 Å². The summed E-state index contributed by atoms with van der Waals surface area (Å²) in [6.45, 7) is 20.7. The highest BCUT2D eigenvalue weighted by molar-refractivity contribution is 6.00. The third kappa shape index (κ3) is 27.0. The Kier molecular flexibility index (Phi) is 31.8. The number of carbonyl (C=O) groups is 14. The van der Waals surface area contributed by atoms with Crippen LogP contribution in [0, 0.1) is 11.8 Å².